The zero-order valence-corrected chi connectivity index (χ0v) is 72.5. The van der Waals surface area contributed by atoms with E-state index >= 15 is 0 Å². The number of carbonyl (C=O) groups is 6. The van der Waals surface area contributed by atoms with Crippen LogP contribution in [0.3, 0.4) is 0 Å². The Balaban J connectivity index is 0.000000819. The highest BCUT2D eigenvalue weighted by Gasteiger charge is 2.25. The number of primary amides is 1. The molecule has 0 saturated heterocycles. The Morgan fingerprint density at radius 2 is 1.01 bits per heavy atom. The number of rotatable bonds is 13. The van der Waals surface area contributed by atoms with E-state index in [2.05, 4.69) is 199 Å². The summed E-state index contributed by atoms with van der Waals surface area (Å²) in [7, 11) is 0. The summed E-state index contributed by atoms with van der Waals surface area (Å²) in [5.41, 5.74) is 12.6. The largest absolute Gasteiger partial charge is 0.458 e. The topological polar surface area (TPSA) is 218 Å². The summed E-state index contributed by atoms with van der Waals surface area (Å²) in [5, 5.41) is 23.4. The van der Waals surface area contributed by atoms with Crippen molar-refractivity contribution in [3.8, 4) is 0 Å². The summed E-state index contributed by atoms with van der Waals surface area (Å²) in [6.07, 6.45) is 66.2. The van der Waals surface area contributed by atoms with E-state index in [1.165, 1.54) is 53.9 Å². The summed E-state index contributed by atoms with van der Waals surface area (Å²) < 4.78 is 25.2. The molecular formula is C92H136I2N2O12. The van der Waals surface area contributed by atoms with Gasteiger partial charge in [0.05, 0.1) is 6.10 Å². The number of amides is 2. The van der Waals surface area contributed by atoms with Gasteiger partial charge in [-0.15, -0.1) is 0 Å². The van der Waals surface area contributed by atoms with Crippen molar-refractivity contribution in [3.05, 3.63) is 213 Å². The molecule has 0 aromatic carbocycles. The van der Waals surface area contributed by atoms with E-state index in [0.717, 1.165) is 86.4 Å². The predicted molar refractivity (Wildman–Crippen MR) is 466 cm³/mol. The van der Waals surface area contributed by atoms with Crippen molar-refractivity contribution < 1.29 is 57.9 Å². The maximum absolute atomic E-state index is 12.6. The third-order valence-electron chi connectivity index (χ3n) is 19.1. The fourth-order valence-corrected chi connectivity index (χ4v) is 13.1. The molecule has 15 atom stereocenters. The molecule has 3 rings (SSSR count). The maximum Gasteiger partial charge on any atom is 0.404 e. The average Bonchev–Trinajstić information content (AvgIpc) is 0.910. The van der Waals surface area contributed by atoms with Crippen molar-refractivity contribution in [1.29, 1.82) is 0 Å². The molecule has 5 N–H and O–H groups in total. The van der Waals surface area contributed by atoms with Crippen LogP contribution in [0.4, 0.5) is 4.79 Å². The molecule has 0 aromatic heterocycles. The van der Waals surface area contributed by atoms with Gasteiger partial charge in [0.25, 0.3) is 0 Å². The van der Waals surface area contributed by atoms with Crippen molar-refractivity contribution in [2.45, 2.75) is 273 Å². The van der Waals surface area contributed by atoms with E-state index < -0.39 is 36.5 Å². The lowest BCUT2D eigenvalue weighted by molar-refractivity contribution is -0.145. The first-order valence-electron chi connectivity index (χ1n) is 39.3. The molecule has 14 nitrogen and oxygen atoms in total. The quantitative estimate of drug-likeness (QED) is 0.0198. The number of nitrogens with two attached hydrogens (primary N) is 1. The molecule has 600 valence electrons. The molecule has 0 radical (unpaired) electrons. The molecule has 0 fully saturated rings. The van der Waals surface area contributed by atoms with Crippen molar-refractivity contribution in [3.63, 3.8) is 0 Å². The molecule has 3 aliphatic rings. The van der Waals surface area contributed by atoms with Gasteiger partial charge in [-0.3, -0.25) is 4.79 Å². The van der Waals surface area contributed by atoms with Crippen LogP contribution in [0.15, 0.2) is 213 Å². The lowest BCUT2D eigenvalue weighted by Crippen LogP contribution is -2.32. The zero-order chi connectivity index (χ0) is 80.8. The standard InChI is InChI=1S/C33H48N2O7.C30H46O3.C29H42I2O2/c1-23(2)20-31(38)35-19-18-25(4)21-26(5)30-22-24(3)12-8-6-10-14-29(42-33(34)40)28(37)17-16-27(36)13-9-7-11-15-32(39)41-30;1-23-13-9-8-12-16-30(32)33-29(28(6)21-25(3)19-20-31)22-24(2)14-10-7-11-15-26(4)27(5)18-17-23;1-22-12-8-6-9-13-24(3)25(4)16-17-27(31)14-10-7-11-15-29(32)33-28(21-22)26(5)20-23(2)18-19-30/h6,8,11-12,15-21,26-30,36-37H,7,9-10,13-14,22H2,1-5H3,(H2,34,40)(H,35,38);7,10,12,14,16-18,20-21,23,26-29H,8-9,11,13,15,19,22H2,1-6H3;6,8,11-12,15-20,24-28H,7,9-10,13-14,21H2,1-5H3/b8-6+,15-11+,17-16+,19-18+,24-12+,25-21+;10-7+,16-12+,18-17+,24-14+,25-21+;8-6+,15-11+,17-16+,19-18+,22-12+,23-20+/t26-,27+,28+,29+,30+;23-,26-,27-,28+,29-;24-,25-,26+,27-,28-/m011/s1. The van der Waals surface area contributed by atoms with Gasteiger partial charge in [-0.05, 0) is 191 Å². The van der Waals surface area contributed by atoms with Crippen LogP contribution >= 0.6 is 45.2 Å². The predicted octanol–water partition coefficient (Wildman–Crippen LogP) is 22.7. The molecule has 3 aliphatic heterocycles. The van der Waals surface area contributed by atoms with Crippen molar-refractivity contribution in [2.75, 3.05) is 0 Å². The van der Waals surface area contributed by atoms with E-state index in [0.29, 0.717) is 84.9 Å². The molecular weight excluding hydrogens is 1580 g/mol. The number of aliphatic hydroxyl groups excluding tert-OH is 2. The number of halogens is 2. The Hall–Kier alpha value is -6.48. The van der Waals surface area contributed by atoms with Gasteiger partial charge in [0.1, 0.15) is 36.8 Å². The Kier molecular flexibility index (Phi) is 55.5. The number of esters is 3. The van der Waals surface area contributed by atoms with Gasteiger partial charge in [-0.1, -0.05) is 273 Å². The third kappa shape index (κ3) is 51.8. The van der Waals surface area contributed by atoms with Crippen LogP contribution in [0.25, 0.3) is 0 Å². The van der Waals surface area contributed by atoms with Crippen LogP contribution in [-0.4, -0.2) is 87.0 Å². The lowest BCUT2D eigenvalue weighted by atomic mass is 9.90. The number of hydrogen-bond acceptors (Lipinski definition) is 12. The van der Waals surface area contributed by atoms with Crippen LogP contribution in [0.2, 0.25) is 0 Å². The summed E-state index contributed by atoms with van der Waals surface area (Å²) in [4.78, 5) is 71.6. The highest BCUT2D eigenvalue weighted by atomic mass is 127. The van der Waals surface area contributed by atoms with Crippen molar-refractivity contribution >= 4 is 81.4 Å². The summed E-state index contributed by atoms with van der Waals surface area (Å²) in [6, 6.07) is 0. The van der Waals surface area contributed by atoms with Crippen LogP contribution in [0.1, 0.15) is 233 Å². The van der Waals surface area contributed by atoms with Gasteiger partial charge in [0.15, 0.2) is 0 Å². The molecule has 3 heterocycles. The highest BCUT2D eigenvalue weighted by Crippen LogP contribution is 2.27. The molecule has 0 spiro atoms. The maximum atomic E-state index is 12.6. The smallest absolute Gasteiger partial charge is 0.404 e. The average molecular weight is 1720 g/mol. The molecule has 0 saturated carbocycles. The van der Waals surface area contributed by atoms with E-state index in [1.54, 1.807) is 30.5 Å². The second-order valence-corrected chi connectivity index (χ2v) is 32.4. The Morgan fingerprint density at radius 3 is 1.46 bits per heavy atom. The summed E-state index contributed by atoms with van der Waals surface area (Å²) in [6.45, 7) is 33.6. The van der Waals surface area contributed by atoms with Crippen LogP contribution < -0.4 is 11.1 Å². The number of nitrogens with one attached hydrogen (secondary N) is 1. The van der Waals surface area contributed by atoms with E-state index in [9.17, 15) is 39.0 Å². The van der Waals surface area contributed by atoms with Gasteiger partial charge < -0.3 is 45.0 Å². The molecule has 0 unspecified atom stereocenters. The normalized spacial score (nSPS) is 30.8. The monoisotopic (exact) mass is 1710 g/mol. The minimum atomic E-state index is -1.11. The summed E-state index contributed by atoms with van der Waals surface area (Å²) in [5.74, 6) is 1.91. The molecule has 0 aromatic rings. The SMILES string of the molecule is C/C(=C\[C@H](C)[C@H]1C/C(C)=C/C=C/CC[C@@H](C)[C@H](C)/C=C/[C@H](C)CCC/C=C/C(=O)O1)CC=O.CC(/C=C/I)=C\[C@H](C)[C@H]1C/C(C)=C/C=C/CC[C@@H](C)[C@H](C)/C=C/[C@H](I)CCC/C=C/C(=O)O1.CC(C)=CC(=O)N/C=C/C(C)=C/[C@H](C)[C@H]1C/C(C)=C/C=C/CC[C@@H](OC(N)=O)[C@H](O)/C=C/[C@H](O)CCC/C=C/C(=O)O1. The van der Waals surface area contributed by atoms with Gasteiger partial charge in [-0.25, -0.2) is 19.2 Å². The molecule has 2 amide bonds. The van der Waals surface area contributed by atoms with Crippen molar-refractivity contribution in [2.24, 2.45) is 53.1 Å². The van der Waals surface area contributed by atoms with Crippen LogP contribution in [0, 0.1) is 47.3 Å². The van der Waals surface area contributed by atoms with Crippen LogP contribution in [-0.2, 0) is 42.9 Å². The molecule has 108 heavy (non-hydrogen) atoms. The van der Waals surface area contributed by atoms with Gasteiger partial charge in [0.2, 0.25) is 5.91 Å². The van der Waals surface area contributed by atoms with Crippen molar-refractivity contribution in [1.82, 2.24) is 5.32 Å². The Morgan fingerprint density at radius 1 is 0.574 bits per heavy atom. The van der Waals surface area contributed by atoms with E-state index in [-0.39, 0.29) is 47.8 Å². The first kappa shape index (κ1) is 99.5. The minimum Gasteiger partial charge on any atom is -0.458 e. The zero-order valence-electron chi connectivity index (χ0n) is 68.2. The number of aldehydes is 1. The van der Waals surface area contributed by atoms with Gasteiger partial charge in [0, 0.05) is 77.9 Å². The fourth-order valence-electron chi connectivity index (χ4n) is 11.9. The van der Waals surface area contributed by atoms with E-state index in [4.69, 9.17) is 24.7 Å². The number of hydrogen-bond donors (Lipinski definition) is 4. The number of ether oxygens (including phenoxy) is 4. The molecule has 16 heteroatoms. The number of aliphatic hydroxyl groups is 2. The Labute approximate surface area is 679 Å². The third-order valence-corrected chi connectivity index (χ3v) is 20.5. The first-order chi connectivity index (χ1) is 51.3. The second-order valence-electron chi connectivity index (χ2n) is 30.1. The number of allylic oxidation sites excluding steroid dienone is 22. The lowest BCUT2D eigenvalue weighted by Gasteiger charge is -2.22. The number of carbonyl (C=O) groups excluding carboxylic acids is 6. The number of alkyl halides is 1. The first-order valence-corrected chi connectivity index (χ1v) is 41.8. The van der Waals surface area contributed by atoms with Crippen LogP contribution in [0.5, 0.6) is 0 Å². The summed E-state index contributed by atoms with van der Waals surface area (Å²) >= 11 is 4.75. The molecule has 0 bridgehead atoms. The van der Waals surface area contributed by atoms with E-state index in [1.807, 2.05) is 82.1 Å². The van der Waals surface area contributed by atoms with Gasteiger partial charge >= 0.3 is 24.0 Å². The Bertz CT molecular complexity index is 3270. The number of cyclic esters (lactones) is 3. The molecule has 0 aliphatic carbocycles. The van der Waals surface area contributed by atoms with Gasteiger partial charge in [-0.2, -0.15) is 0 Å². The fraction of sp³-hybridized carbons (Fsp3) is 0.543. The highest BCUT2D eigenvalue weighted by molar-refractivity contribution is 14.1. The second kappa shape index (κ2) is 60.3. The minimum absolute atomic E-state index is 0.0301.